The van der Waals surface area contributed by atoms with E-state index in [2.05, 4.69) is 5.32 Å². The molecule has 1 aliphatic carbocycles. The first kappa shape index (κ1) is 15.4. The molecule has 0 radical (unpaired) electrons. The lowest BCUT2D eigenvalue weighted by Gasteiger charge is -2.32. The van der Waals surface area contributed by atoms with Crippen LogP contribution in [0.25, 0.3) is 0 Å². The number of ether oxygens (including phenoxy) is 2. The summed E-state index contributed by atoms with van der Waals surface area (Å²) in [5.41, 5.74) is -1.01. The van der Waals surface area contributed by atoms with Gasteiger partial charge < -0.3 is 19.9 Å². The number of likely N-dealkylation sites (N-methyl/N-ethyl adjacent to an activating group) is 1. The number of carboxylic acids is 1. The van der Waals surface area contributed by atoms with E-state index < -0.39 is 11.5 Å². The largest absolute Gasteiger partial charge is 0.480 e. The van der Waals surface area contributed by atoms with Gasteiger partial charge in [0, 0.05) is 7.11 Å². The van der Waals surface area contributed by atoms with E-state index in [1.165, 1.54) is 0 Å². The second-order valence-electron chi connectivity index (χ2n) is 5.12. The molecule has 2 N–H and O–H groups in total. The molecule has 0 aliphatic heterocycles. The summed E-state index contributed by atoms with van der Waals surface area (Å²) in [5.74, 6) is -0.872. The maximum atomic E-state index is 11.2. The fraction of sp³-hybridized carbons (Fsp3) is 0.923. The van der Waals surface area contributed by atoms with Crippen LogP contribution in [0.15, 0.2) is 0 Å². The number of carboxylic acid groups (broad SMARTS) is 1. The Balaban J connectivity index is 2.44. The van der Waals surface area contributed by atoms with Crippen LogP contribution in [0.4, 0.5) is 0 Å². The van der Waals surface area contributed by atoms with Crippen LogP contribution >= 0.6 is 0 Å². The van der Waals surface area contributed by atoms with Crippen LogP contribution < -0.4 is 5.32 Å². The Bertz CT molecular complexity index is 272. The third kappa shape index (κ3) is 4.23. The number of rotatable bonds is 7. The van der Waals surface area contributed by atoms with Crippen molar-refractivity contribution in [1.82, 2.24) is 5.32 Å². The molecule has 1 saturated carbocycles. The highest BCUT2D eigenvalue weighted by Gasteiger charge is 2.34. The maximum absolute atomic E-state index is 11.2. The van der Waals surface area contributed by atoms with Crippen molar-refractivity contribution in [3.63, 3.8) is 0 Å². The van der Waals surface area contributed by atoms with E-state index in [0.717, 1.165) is 25.7 Å². The smallest absolute Gasteiger partial charge is 0.326 e. The highest BCUT2D eigenvalue weighted by molar-refractivity contribution is 5.78. The van der Waals surface area contributed by atoms with Crippen molar-refractivity contribution in [3.05, 3.63) is 0 Å². The van der Waals surface area contributed by atoms with Gasteiger partial charge in [0.2, 0.25) is 0 Å². The molecule has 0 aromatic rings. The van der Waals surface area contributed by atoms with Gasteiger partial charge in [0.15, 0.2) is 0 Å². The van der Waals surface area contributed by atoms with E-state index in [9.17, 15) is 9.90 Å². The van der Waals surface area contributed by atoms with Gasteiger partial charge in [-0.15, -0.1) is 0 Å². The molecule has 0 saturated heterocycles. The average Bonchev–Trinajstić information content (AvgIpc) is 2.37. The zero-order chi connectivity index (χ0) is 13.6. The van der Waals surface area contributed by atoms with Crippen LogP contribution in [0.5, 0.6) is 0 Å². The monoisotopic (exact) mass is 259 g/mol. The molecular formula is C13H25NO4. The number of aliphatic carboxylic acids is 1. The molecule has 0 aromatic carbocycles. The minimum atomic E-state index is -1.01. The van der Waals surface area contributed by atoms with E-state index >= 15 is 0 Å². The zero-order valence-corrected chi connectivity index (χ0v) is 11.6. The lowest BCUT2D eigenvalue weighted by molar-refractivity contribution is -0.148. The van der Waals surface area contributed by atoms with E-state index in [0.29, 0.717) is 6.54 Å². The average molecular weight is 259 g/mol. The standard InChI is InChI=1S/C13H25NO4/c1-4-14-13(2,12(15)16)9-18-11-7-5-6-10(8-11)17-3/h10-11,14H,4-9H2,1-3H3,(H,15,16). The Morgan fingerprint density at radius 2 is 2.11 bits per heavy atom. The normalized spacial score (nSPS) is 27.7. The fourth-order valence-electron chi connectivity index (χ4n) is 2.33. The van der Waals surface area contributed by atoms with Crippen LogP contribution in [0.3, 0.4) is 0 Å². The quantitative estimate of drug-likeness (QED) is 0.723. The molecule has 0 heterocycles. The van der Waals surface area contributed by atoms with Crippen molar-refractivity contribution in [3.8, 4) is 0 Å². The van der Waals surface area contributed by atoms with Crippen molar-refractivity contribution >= 4 is 5.97 Å². The lowest BCUT2D eigenvalue weighted by Crippen LogP contribution is -2.53. The Morgan fingerprint density at radius 1 is 1.44 bits per heavy atom. The molecule has 18 heavy (non-hydrogen) atoms. The van der Waals surface area contributed by atoms with Crippen LogP contribution in [-0.4, -0.2) is 49.1 Å². The summed E-state index contributed by atoms with van der Waals surface area (Å²) >= 11 is 0. The van der Waals surface area contributed by atoms with Gasteiger partial charge in [-0.25, -0.2) is 0 Å². The Labute approximate surface area is 109 Å². The highest BCUT2D eigenvalue weighted by Crippen LogP contribution is 2.24. The molecule has 1 aliphatic rings. The predicted molar refractivity (Wildman–Crippen MR) is 68.7 cm³/mol. The first-order chi connectivity index (χ1) is 8.51. The van der Waals surface area contributed by atoms with Crippen LogP contribution in [0.1, 0.15) is 39.5 Å². The molecule has 5 heteroatoms. The summed E-state index contributed by atoms with van der Waals surface area (Å²) in [5, 5.41) is 12.2. The molecule has 3 atom stereocenters. The van der Waals surface area contributed by atoms with Gasteiger partial charge in [-0.05, 0) is 39.2 Å². The SMILES string of the molecule is CCNC(C)(COC1CCCC(OC)C1)C(=O)O. The predicted octanol–water partition coefficient (Wildman–Crippen LogP) is 1.41. The Morgan fingerprint density at radius 3 is 2.67 bits per heavy atom. The molecule has 1 rings (SSSR count). The molecular weight excluding hydrogens is 234 g/mol. The summed E-state index contributed by atoms with van der Waals surface area (Å²) in [6.45, 7) is 4.35. The van der Waals surface area contributed by atoms with Crippen molar-refractivity contribution in [2.24, 2.45) is 0 Å². The zero-order valence-electron chi connectivity index (χ0n) is 11.6. The highest BCUT2D eigenvalue weighted by atomic mass is 16.5. The summed E-state index contributed by atoms with van der Waals surface area (Å²) in [7, 11) is 1.72. The Hall–Kier alpha value is -0.650. The van der Waals surface area contributed by atoms with Crippen molar-refractivity contribution in [1.29, 1.82) is 0 Å². The van der Waals surface area contributed by atoms with Gasteiger partial charge in [-0.2, -0.15) is 0 Å². The van der Waals surface area contributed by atoms with Crippen molar-refractivity contribution in [2.75, 3.05) is 20.3 Å². The van der Waals surface area contributed by atoms with Crippen molar-refractivity contribution < 1.29 is 19.4 Å². The van der Waals surface area contributed by atoms with E-state index in [4.69, 9.17) is 9.47 Å². The minimum absolute atomic E-state index is 0.112. The number of carbonyl (C=O) groups is 1. The molecule has 0 amide bonds. The summed E-state index contributed by atoms with van der Waals surface area (Å²) in [6.07, 6.45) is 4.36. The second-order valence-corrected chi connectivity index (χ2v) is 5.12. The van der Waals surface area contributed by atoms with Gasteiger partial charge >= 0.3 is 5.97 Å². The number of methoxy groups -OCH3 is 1. The molecule has 0 spiro atoms. The molecule has 1 fully saturated rings. The molecule has 0 aromatic heterocycles. The Kier molecular flexibility index (Phi) is 6.05. The fourth-order valence-corrected chi connectivity index (χ4v) is 2.33. The van der Waals surface area contributed by atoms with Crippen LogP contribution in [-0.2, 0) is 14.3 Å². The lowest BCUT2D eigenvalue weighted by atomic mass is 9.94. The van der Waals surface area contributed by atoms with E-state index in [1.54, 1.807) is 14.0 Å². The second kappa shape index (κ2) is 7.07. The van der Waals surface area contributed by atoms with Crippen LogP contribution in [0, 0.1) is 0 Å². The number of hydrogen-bond acceptors (Lipinski definition) is 4. The van der Waals surface area contributed by atoms with E-state index in [1.807, 2.05) is 6.92 Å². The number of hydrogen-bond donors (Lipinski definition) is 2. The molecule has 0 bridgehead atoms. The van der Waals surface area contributed by atoms with Gasteiger partial charge in [0.25, 0.3) is 0 Å². The summed E-state index contributed by atoms with van der Waals surface area (Å²) < 4.78 is 11.1. The molecule has 5 nitrogen and oxygen atoms in total. The van der Waals surface area contributed by atoms with Crippen molar-refractivity contribution in [2.45, 2.75) is 57.3 Å². The van der Waals surface area contributed by atoms with Crippen LogP contribution in [0.2, 0.25) is 0 Å². The minimum Gasteiger partial charge on any atom is -0.480 e. The van der Waals surface area contributed by atoms with Gasteiger partial charge in [0.05, 0.1) is 18.8 Å². The van der Waals surface area contributed by atoms with Gasteiger partial charge in [-0.1, -0.05) is 6.92 Å². The molecule has 106 valence electrons. The van der Waals surface area contributed by atoms with Gasteiger partial charge in [-0.3, -0.25) is 4.79 Å². The third-order valence-electron chi connectivity index (χ3n) is 3.56. The first-order valence-corrected chi connectivity index (χ1v) is 6.64. The third-order valence-corrected chi connectivity index (χ3v) is 3.56. The van der Waals surface area contributed by atoms with Gasteiger partial charge in [0.1, 0.15) is 5.54 Å². The number of nitrogens with one attached hydrogen (secondary N) is 1. The summed E-state index contributed by atoms with van der Waals surface area (Å²) in [6, 6.07) is 0. The first-order valence-electron chi connectivity index (χ1n) is 6.64. The molecule has 3 unspecified atom stereocenters. The van der Waals surface area contributed by atoms with E-state index in [-0.39, 0.29) is 18.8 Å². The summed E-state index contributed by atoms with van der Waals surface area (Å²) in [4.78, 5) is 11.2. The maximum Gasteiger partial charge on any atom is 0.326 e. The topological polar surface area (TPSA) is 67.8 Å².